The van der Waals surface area contributed by atoms with Crippen LogP contribution in [0.5, 0.6) is 0 Å². The number of carbonyl (C=O) groups excluding carboxylic acids is 1. The summed E-state index contributed by atoms with van der Waals surface area (Å²) < 4.78 is 0.929. The third-order valence-corrected chi connectivity index (χ3v) is 2.62. The van der Waals surface area contributed by atoms with Gasteiger partial charge in [0.1, 0.15) is 0 Å². The molecule has 1 aliphatic rings. The van der Waals surface area contributed by atoms with Crippen LogP contribution in [0.1, 0.15) is 13.8 Å². The molecule has 14 heavy (non-hydrogen) atoms. The topological polar surface area (TPSA) is 32.3 Å². The lowest BCUT2D eigenvalue weighted by Gasteiger charge is -2.37. The van der Waals surface area contributed by atoms with E-state index in [0.29, 0.717) is 5.92 Å². The molecule has 0 aromatic rings. The van der Waals surface area contributed by atoms with E-state index in [1.54, 1.807) is 0 Å². The van der Waals surface area contributed by atoms with Crippen molar-refractivity contribution >= 4 is 21.8 Å². The molecule has 80 valence electrons. The Labute approximate surface area is 93.7 Å². The van der Waals surface area contributed by atoms with Crippen molar-refractivity contribution in [3.8, 4) is 0 Å². The second kappa shape index (κ2) is 4.94. The van der Waals surface area contributed by atoms with Crippen LogP contribution in [0.15, 0.2) is 11.1 Å². The number of hydrogen-bond donors (Lipinski definition) is 1. The van der Waals surface area contributed by atoms with Crippen LogP contribution >= 0.6 is 15.9 Å². The van der Waals surface area contributed by atoms with Crippen LogP contribution in [0.2, 0.25) is 0 Å². The van der Waals surface area contributed by atoms with Crippen molar-refractivity contribution in [2.24, 2.45) is 5.92 Å². The maximum absolute atomic E-state index is 11.6. The smallest absolute Gasteiger partial charge is 0.237 e. The number of piperazine rings is 1. The zero-order valence-corrected chi connectivity index (χ0v) is 10.3. The Bertz CT molecular complexity index is 240. The van der Waals surface area contributed by atoms with Gasteiger partial charge in [0.15, 0.2) is 0 Å². The number of carbonyl (C=O) groups is 1. The highest BCUT2D eigenvalue weighted by Gasteiger charge is 2.31. The second-order valence-electron chi connectivity index (χ2n) is 3.97. The van der Waals surface area contributed by atoms with Gasteiger partial charge in [-0.25, -0.2) is 0 Å². The van der Waals surface area contributed by atoms with E-state index >= 15 is 0 Å². The van der Waals surface area contributed by atoms with E-state index in [0.717, 1.165) is 24.1 Å². The standard InChI is InChI=1S/C10H17BrN2O/c1-7(2)9-10(14)12-4-5-13(9)6-8(3)11/h7,9H,3-6H2,1-2H3,(H,12,14)/t9-/m1/s1. The molecule has 0 aromatic heterocycles. The SMILES string of the molecule is C=C(Br)CN1CCNC(=O)[C@H]1C(C)C. The van der Waals surface area contributed by atoms with Crippen molar-refractivity contribution in [1.82, 2.24) is 10.2 Å². The molecule has 1 saturated heterocycles. The Hall–Kier alpha value is -0.350. The largest absolute Gasteiger partial charge is 0.353 e. The number of halogens is 1. The normalized spacial score (nSPS) is 23.7. The number of hydrogen-bond acceptors (Lipinski definition) is 2. The number of nitrogens with zero attached hydrogens (tertiary/aromatic N) is 1. The third-order valence-electron chi connectivity index (χ3n) is 2.37. The van der Waals surface area contributed by atoms with Crippen LogP contribution in [0, 0.1) is 5.92 Å². The molecule has 0 saturated carbocycles. The number of rotatable bonds is 3. The molecule has 1 atom stereocenters. The average Bonchev–Trinajstić information content (AvgIpc) is 2.01. The van der Waals surface area contributed by atoms with Gasteiger partial charge in [-0.1, -0.05) is 36.4 Å². The van der Waals surface area contributed by atoms with E-state index in [1.165, 1.54) is 0 Å². The molecule has 0 aliphatic carbocycles. The zero-order chi connectivity index (χ0) is 10.7. The summed E-state index contributed by atoms with van der Waals surface area (Å²) in [4.78, 5) is 13.8. The molecule has 1 heterocycles. The second-order valence-corrected chi connectivity index (χ2v) is 5.09. The molecule has 0 aromatic carbocycles. The summed E-state index contributed by atoms with van der Waals surface area (Å²) in [5, 5.41) is 2.89. The summed E-state index contributed by atoms with van der Waals surface area (Å²) in [6, 6.07) is -0.0157. The molecule has 1 rings (SSSR count). The van der Waals surface area contributed by atoms with E-state index in [4.69, 9.17) is 0 Å². The fourth-order valence-corrected chi connectivity index (χ4v) is 2.18. The van der Waals surface area contributed by atoms with Crippen LogP contribution in [0.25, 0.3) is 0 Å². The molecule has 4 heteroatoms. The highest BCUT2D eigenvalue weighted by Crippen LogP contribution is 2.16. The summed E-state index contributed by atoms with van der Waals surface area (Å²) >= 11 is 3.34. The van der Waals surface area contributed by atoms with Crippen molar-refractivity contribution in [2.45, 2.75) is 19.9 Å². The van der Waals surface area contributed by atoms with E-state index in [2.05, 4.69) is 46.6 Å². The van der Waals surface area contributed by atoms with Gasteiger partial charge < -0.3 is 5.32 Å². The minimum Gasteiger partial charge on any atom is -0.353 e. The Morgan fingerprint density at radius 1 is 1.79 bits per heavy atom. The fraction of sp³-hybridized carbons (Fsp3) is 0.700. The molecule has 1 fully saturated rings. The Morgan fingerprint density at radius 3 is 2.93 bits per heavy atom. The van der Waals surface area contributed by atoms with Crippen LogP contribution in [0.4, 0.5) is 0 Å². The summed E-state index contributed by atoms with van der Waals surface area (Å²) in [5.41, 5.74) is 0. The molecule has 1 N–H and O–H groups in total. The fourth-order valence-electron chi connectivity index (χ4n) is 1.85. The predicted octanol–water partition coefficient (Wildman–Crippen LogP) is 1.35. The first kappa shape index (κ1) is 11.7. The summed E-state index contributed by atoms with van der Waals surface area (Å²) in [6.07, 6.45) is 0. The Morgan fingerprint density at radius 2 is 2.43 bits per heavy atom. The lowest BCUT2D eigenvalue weighted by Crippen LogP contribution is -2.57. The molecule has 1 aliphatic heterocycles. The zero-order valence-electron chi connectivity index (χ0n) is 8.72. The molecule has 0 spiro atoms. The lowest BCUT2D eigenvalue weighted by atomic mass is 10.00. The van der Waals surface area contributed by atoms with Crippen LogP contribution in [-0.4, -0.2) is 36.5 Å². The molecule has 3 nitrogen and oxygen atoms in total. The van der Waals surface area contributed by atoms with E-state index in [9.17, 15) is 4.79 Å². The van der Waals surface area contributed by atoms with Gasteiger partial charge in [0, 0.05) is 24.1 Å². The van der Waals surface area contributed by atoms with Crippen LogP contribution in [-0.2, 0) is 4.79 Å². The highest BCUT2D eigenvalue weighted by atomic mass is 79.9. The molecule has 0 bridgehead atoms. The monoisotopic (exact) mass is 260 g/mol. The van der Waals surface area contributed by atoms with Crippen molar-refractivity contribution < 1.29 is 4.79 Å². The van der Waals surface area contributed by atoms with Crippen molar-refractivity contribution in [3.05, 3.63) is 11.1 Å². The van der Waals surface area contributed by atoms with E-state index in [1.807, 2.05) is 0 Å². The first-order valence-corrected chi connectivity index (χ1v) is 5.66. The van der Waals surface area contributed by atoms with Gasteiger partial charge in [0.25, 0.3) is 0 Å². The molecular weight excluding hydrogens is 244 g/mol. The summed E-state index contributed by atoms with van der Waals surface area (Å²) in [7, 11) is 0. The third kappa shape index (κ3) is 2.82. The minimum absolute atomic E-state index is 0.0157. The van der Waals surface area contributed by atoms with Crippen molar-refractivity contribution in [2.75, 3.05) is 19.6 Å². The van der Waals surface area contributed by atoms with Gasteiger partial charge in [0.05, 0.1) is 6.04 Å². The molecular formula is C10H17BrN2O. The predicted molar refractivity (Wildman–Crippen MR) is 61.3 cm³/mol. The van der Waals surface area contributed by atoms with Crippen molar-refractivity contribution in [1.29, 1.82) is 0 Å². The average molecular weight is 261 g/mol. The quantitative estimate of drug-likeness (QED) is 0.831. The summed E-state index contributed by atoms with van der Waals surface area (Å²) in [6.45, 7) is 10.3. The minimum atomic E-state index is -0.0157. The maximum Gasteiger partial charge on any atom is 0.237 e. The van der Waals surface area contributed by atoms with E-state index in [-0.39, 0.29) is 11.9 Å². The number of nitrogens with one attached hydrogen (secondary N) is 1. The van der Waals surface area contributed by atoms with Gasteiger partial charge in [-0.3, -0.25) is 9.69 Å². The highest BCUT2D eigenvalue weighted by molar-refractivity contribution is 9.11. The maximum atomic E-state index is 11.6. The van der Waals surface area contributed by atoms with Crippen LogP contribution < -0.4 is 5.32 Å². The van der Waals surface area contributed by atoms with Gasteiger partial charge in [0.2, 0.25) is 5.91 Å². The molecule has 0 unspecified atom stereocenters. The van der Waals surface area contributed by atoms with Gasteiger partial charge in [-0.15, -0.1) is 0 Å². The van der Waals surface area contributed by atoms with Gasteiger partial charge in [-0.2, -0.15) is 0 Å². The first-order chi connectivity index (χ1) is 6.52. The van der Waals surface area contributed by atoms with Gasteiger partial charge in [-0.05, 0) is 5.92 Å². The Balaban J connectivity index is 2.69. The Kier molecular flexibility index (Phi) is 4.13. The van der Waals surface area contributed by atoms with Crippen LogP contribution in [0.3, 0.4) is 0 Å². The molecule has 0 radical (unpaired) electrons. The first-order valence-electron chi connectivity index (χ1n) is 4.87. The lowest BCUT2D eigenvalue weighted by molar-refractivity contribution is -0.130. The van der Waals surface area contributed by atoms with Crippen molar-refractivity contribution in [3.63, 3.8) is 0 Å². The molecule has 1 amide bonds. The number of amides is 1. The van der Waals surface area contributed by atoms with E-state index < -0.39 is 0 Å². The summed E-state index contributed by atoms with van der Waals surface area (Å²) in [5.74, 6) is 0.474. The van der Waals surface area contributed by atoms with Gasteiger partial charge >= 0.3 is 0 Å².